The number of hydrogen-bond donors (Lipinski definition) is 1. The molecule has 0 bridgehead atoms. The highest BCUT2D eigenvalue weighted by atomic mass is 79.9. The molecular formula is C23H28BrClN2O3. The van der Waals surface area contributed by atoms with E-state index in [2.05, 4.69) is 21.2 Å². The van der Waals surface area contributed by atoms with Gasteiger partial charge in [0.05, 0.1) is 0 Å². The minimum atomic E-state index is -0.634. The van der Waals surface area contributed by atoms with Gasteiger partial charge in [0, 0.05) is 22.1 Å². The summed E-state index contributed by atoms with van der Waals surface area (Å²) in [5, 5.41) is 3.59. The van der Waals surface area contributed by atoms with Gasteiger partial charge >= 0.3 is 0 Å². The van der Waals surface area contributed by atoms with E-state index in [0.29, 0.717) is 17.3 Å². The lowest BCUT2D eigenvalue weighted by Crippen LogP contribution is -2.50. The fourth-order valence-corrected chi connectivity index (χ4v) is 3.15. The Kier molecular flexibility index (Phi) is 9.18. The van der Waals surface area contributed by atoms with Crippen LogP contribution in [0.5, 0.6) is 5.75 Å². The third kappa shape index (κ3) is 7.03. The maximum Gasteiger partial charge on any atom is 0.261 e. The van der Waals surface area contributed by atoms with Crippen molar-refractivity contribution in [3.63, 3.8) is 0 Å². The Morgan fingerprint density at radius 1 is 1.17 bits per heavy atom. The van der Waals surface area contributed by atoms with Gasteiger partial charge in [0.1, 0.15) is 11.8 Å². The minimum Gasteiger partial charge on any atom is -0.484 e. The molecule has 0 spiro atoms. The fourth-order valence-electron chi connectivity index (χ4n) is 2.77. The van der Waals surface area contributed by atoms with Crippen LogP contribution in [0.3, 0.4) is 0 Å². The SMILES string of the molecule is CC[C@@H](C)NC(=O)[C@@H](C)N(Cc1ccc(Br)cc1)C(=O)COc1ccc(Cl)c(C)c1. The molecule has 0 aliphatic heterocycles. The van der Waals surface area contributed by atoms with Crippen LogP contribution in [-0.2, 0) is 16.1 Å². The molecular weight excluding hydrogens is 468 g/mol. The number of ether oxygens (including phenoxy) is 1. The standard InChI is InChI=1S/C23H28BrClN2O3/c1-5-16(3)26-23(29)17(4)27(13-18-6-8-19(24)9-7-18)22(28)14-30-20-10-11-21(25)15(2)12-20/h6-12,16-17H,5,13-14H2,1-4H3,(H,26,29)/t16-,17-/m1/s1. The van der Waals surface area contributed by atoms with Gasteiger partial charge in [-0.25, -0.2) is 0 Å². The van der Waals surface area contributed by atoms with Crippen LogP contribution in [0.2, 0.25) is 5.02 Å². The molecule has 162 valence electrons. The lowest BCUT2D eigenvalue weighted by Gasteiger charge is -2.29. The molecule has 0 aliphatic carbocycles. The first-order chi connectivity index (χ1) is 14.2. The molecule has 30 heavy (non-hydrogen) atoms. The van der Waals surface area contributed by atoms with Crippen molar-refractivity contribution in [1.82, 2.24) is 10.2 Å². The summed E-state index contributed by atoms with van der Waals surface area (Å²) in [6.07, 6.45) is 0.818. The minimum absolute atomic E-state index is 0.0397. The van der Waals surface area contributed by atoms with Crippen LogP contribution < -0.4 is 10.1 Å². The Hall–Kier alpha value is -2.05. The number of carbonyl (C=O) groups is 2. The maximum absolute atomic E-state index is 13.0. The van der Waals surface area contributed by atoms with E-state index in [-0.39, 0.29) is 24.5 Å². The van der Waals surface area contributed by atoms with E-state index in [1.54, 1.807) is 30.0 Å². The fraction of sp³-hybridized carbons (Fsp3) is 0.391. The van der Waals surface area contributed by atoms with Crippen molar-refractivity contribution >= 4 is 39.3 Å². The van der Waals surface area contributed by atoms with Gasteiger partial charge in [-0.2, -0.15) is 0 Å². The number of aryl methyl sites for hydroxylation is 1. The van der Waals surface area contributed by atoms with Crippen molar-refractivity contribution in [2.45, 2.75) is 52.7 Å². The van der Waals surface area contributed by atoms with Crippen LogP contribution in [0.4, 0.5) is 0 Å². The largest absolute Gasteiger partial charge is 0.484 e. The summed E-state index contributed by atoms with van der Waals surface area (Å²) in [6, 6.07) is 12.3. The van der Waals surface area contributed by atoms with Gasteiger partial charge in [0.25, 0.3) is 5.91 Å². The molecule has 2 aromatic rings. The first-order valence-corrected chi connectivity index (χ1v) is 11.1. The van der Waals surface area contributed by atoms with E-state index in [9.17, 15) is 9.59 Å². The second kappa shape index (κ2) is 11.4. The molecule has 0 radical (unpaired) electrons. The summed E-state index contributed by atoms with van der Waals surface area (Å²) in [5.74, 6) is 0.111. The highest BCUT2D eigenvalue weighted by Gasteiger charge is 2.27. The molecule has 2 rings (SSSR count). The third-order valence-electron chi connectivity index (χ3n) is 4.93. The maximum atomic E-state index is 13.0. The average molecular weight is 496 g/mol. The molecule has 0 aliphatic rings. The second-order valence-corrected chi connectivity index (χ2v) is 8.66. The summed E-state index contributed by atoms with van der Waals surface area (Å²) in [4.78, 5) is 27.3. The highest BCUT2D eigenvalue weighted by Crippen LogP contribution is 2.21. The summed E-state index contributed by atoms with van der Waals surface area (Å²) in [7, 11) is 0. The van der Waals surface area contributed by atoms with Gasteiger partial charge in [0.15, 0.2) is 6.61 Å². The monoisotopic (exact) mass is 494 g/mol. The van der Waals surface area contributed by atoms with E-state index in [4.69, 9.17) is 16.3 Å². The van der Waals surface area contributed by atoms with E-state index < -0.39 is 6.04 Å². The Balaban J connectivity index is 2.15. The van der Waals surface area contributed by atoms with Gasteiger partial charge in [-0.15, -0.1) is 0 Å². The average Bonchev–Trinajstić information content (AvgIpc) is 2.73. The van der Waals surface area contributed by atoms with E-state index in [0.717, 1.165) is 22.0 Å². The Morgan fingerprint density at radius 3 is 2.43 bits per heavy atom. The van der Waals surface area contributed by atoms with Crippen molar-refractivity contribution in [1.29, 1.82) is 0 Å². The van der Waals surface area contributed by atoms with Gasteiger partial charge in [-0.1, -0.05) is 46.6 Å². The number of rotatable bonds is 9. The van der Waals surface area contributed by atoms with Gasteiger partial charge in [-0.05, 0) is 68.7 Å². The van der Waals surface area contributed by atoms with Crippen molar-refractivity contribution in [2.75, 3.05) is 6.61 Å². The number of halogens is 2. The number of carbonyl (C=O) groups excluding carboxylic acids is 2. The predicted molar refractivity (Wildman–Crippen MR) is 124 cm³/mol. The van der Waals surface area contributed by atoms with Crippen molar-refractivity contribution in [3.05, 3.63) is 63.1 Å². The number of amides is 2. The topological polar surface area (TPSA) is 58.6 Å². The lowest BCUT2D eigenvalue weighted by atomic mass is 10.1. The summed E-state index contributed by atoms with van der Waals surface area (Å²) < 4.78 is 6.64. The molecule has 0 heterocycles. The smallest absolute Gasteiger partial charge is 0.261 e. The van der Waals surface area contributed by atoms with Crippen LogP contribution in [0, 0.1) is 6.92 Å². The van der Waals surface area contributed by atoms with Crippen molar-refractivity contribution in [2.24, 2.45) is 0 Å². The second-order valence-electron chi connectivity index (χ2n) is 7.34. The van der Waals surface area contributed by atoms with Crippen LogP contribution in [0.1, 0.15) is 38.3 Å². The highest BCUT2D eigenvalue weighted by molar-refractivity contribution is 9.10. The van der Waals surface area contributed by atoms with Gasteiger partial charge in [0.2, 0.25) is 5.91 Å². The molecule has 0 fully saturated rings. The normalized spacial score (nSPS) is 12.7. The number of nitrogens with one attached hydrogen (secondary N) is 1. The van der Waals surface area contributed by atoms with Crippen LogP contribution in [0.25, 0.3) is 0 Å². The molecule has 5 nitrogen and oxygen atoms in total. The van der Waals surface area contributed by atoms with Crippen molar-refractivity contribution < 1.29 is 14.3 Å². The molecule has 2 amide bonds. The third-order valence-corrected chi connectivity index (χ3v) is 5.88. The molecule has 2 aromatic carbocycles. The molecule has 1 N–H and O–H groups in total. The van der Waals surface area contributed by atoms with Crippen molar-refractivity contribution in [3.8, 4) is 5.75 Å². The molecule has 0 saturated carbocycles. The zero-order valence-corrected chi connectivity index (χ0v) is 20.1. The Labute approximate surface area is 191 Å². The zero-order valence-electron chi connectivity index (χ0n) is 17.7. The first-order valence-electron chi connectivity index (χ1n) is 9.94. The van der Waals surface area contributed by atoms with Crippen LogP contribution >= 0.6 is 27.5 Å². The predicted octanol–water partition coefficient (Wildman–Crippen LogP) is 5.12. The first kappa shape index (κ1) is 24.2. The summed E-state index contributed by atoms with van der Waals surface area (Å²) in [6.45, 7) is 7.70. The number of nitrogens with zero attached hydrogens (tertiary/aromatic N) is 1. The lowest BCUT2D eigenvalue weighted by molar-refractivity contribution is -0.142. The van der Waals surface area contributed by atoms with E-state index >= 15 is 0 Å². The van der Waals surface area contributed by atoms with E-state index in [1.165, 1.54) is 0 Å². The Morgan fingerprint density at radius 2 is 1.83 bits per heavy atom. The van der Waals surface area contributed by atoms with E-state index in [1.807, 2.05) is 45.0 Å². The zero-order chi connectivity index (χ0) is 22.3. The molecule has 0 aromatic heterocycles. The molecule has 0 saturated heterocycles. The Bertz CT molecular complexity index is 873. The quantitative estimate of drug-likeness (QED) is 0.525. The number of benzene rings is 2. The molecule has 0 unspecified atom stereocenters. The summed E-state index contributed by atoms with van der Waals surface area (Å²) in [5.41, 5.74) is 1.80. The van der Waals surface area contributed by atoms with Crippen LogP contribution in [-0.4, -0.2) is 35.4 Å². The summed E-state index contributed by atoms with van der Waals surface area (Å²) >= 11 is 9.46. The van der Waals surface area contributed by atoms with Crippen LogP contribution in [0.15, 0.2) is 46.9 Å². The van der Waals surface area contributed by atoms with Gasteiger partial charge < -0.3 is 15.0 Å². The van der Waals surface area contributed by atoms with Gasteiger partial charge in [-0.3, -0.25) is 9.59 Å². The molecule has 2 atom stereocenters. The molecule has 7 heteroatoms. The number of hydrogen-bond acceptors (Lipinski definition) is 3.